The molecule has 1 heterocycles. The Bertz CT molecular complexity index is 190. The van der Waals surface area contributed by atoms with Gasteiger partial charge in [-0.05, 0) is 18.9 Å². The SMILES string of the molecule is CCCCCCCCCCCCCC1CC=CO1. The Morgan fingerprint density at radius 3 is 1.89 bits per heavy atom. The molecule has 0 saturated carbocycles. The molecule has 0 aromatic heterocycles. The van der Waals surface area contributed by atoms with Crippen LogP contribution in [-0.2, 0) is 4.74 Å². The molecule has 1 aliphatic heterocycles. The van der Waals surface area contributed by atoms with E-state index in [1.165, 1.54) is 77.0 Å². The van der Waals surface area contributed by atoms with Crippen LogP contribution in [0.5, 0.6) is 0 Å². The van der Waals surface area contributed by atoms with Crippen molar-refractivity contribution in [3.8, 4) is 0 Å². The highest BCUT2D eigenvalue weighted by molar-refractivity contribution is 4.86. The number of unbranched alkanes of at least 4 members (excludes halogenated alkanes) is 10. The first-order chi connectivity index (χ1) is 8.93. The maximum absolute atomic E-state index is 5.46. The van der Waals surface area contributed by atoms with Crippen LogP contribution in [0.1, 0.15) is 90.4 Å². The molecule has 0 radical (unpaired) electrons. The molecule has 18 heavy (non-hydrogen) atoms. The number of hydrogen-bond donors (Lipinski definition) is 0. The molecule has 0 aromatic carbocycles. The summed E-state index contributed by atoms with van der Waals surface area (Å²) in [5.41, 5.74) is 0. The zero-order chi connectivity index (χ0) is 12.9. The molecule has 0 aliphatic carbocycles. The number of rotatable bonds is 12. The van der Waals surface area contributed by atoms with Crippen LogP contribution in [0.15, 0.2) is 12.3 Å². The van der Waals surface area contributed by atoms with Crippen molar-refractivity contribution in [2.75, 3.05) is 0 Å². The Labute approximate surface area is 114 Å². The molecule has 1 heteroatoms. The summed E-state index contributed by atoms with van der Waals surface area (Å²) in [5, 5.41) is 0. The van der Waals surface area contributed by atoms with E-state index in [-0.39, 0.29) is 0 Å². The van der Waals surface area contributed by atoms with Gasteiger partial charge in [0.1, 0.15) is 6.10 Å². The maximum atomic E-state index is 5.46. The van der Waals surface area contributed by atoms with E-state index in [1.54, 1.807) is 0 Å². The van der Waals surface area contributed by atoms with Crippen molar-refractivity contribution in [3.63, 3.8) is 0 Å². The molecule has 106 valence electrons. The highest BCUT2D eigenvalue weighted by Gasteiger charge is 2.09. The van der Waals surface area contributed by atoms with Gasteiger partial charge in [0, 0.05) is 6.42 Å². The molecule has 1 nitrogen and oxygen atoms in total. The summed E-state index contributed by atoms with van der Waals surface area (Å²) in [6.45, 7) is 2.28. The summed E-state index contributed by atoms with van der Waals surface area (Å²) in [6, 6.07) is 0. The van der Waals surface area contributed by atoms with Crippen LogP contribution in [0.3, 0.4) is 0 Å². The lowest BCUT2D eigenvalue weighted by molar-refractivity contribution is 0.157. The predicted molar refractivity (Wildman–Crippen MR) is 79.7 cm³/mol. The summed E-state index contributed by atoms with van der Waals surface area (Å²) in [4.78, 5) is 0. The minimum atomic E-state index is 0.503. The third kappa shape index (κ3) is 8.60. The Morgan fingerprint density at radius 1 is 0.833 bits per heavy atom. The molecule has 0 spiro atoms. The van der Waals surface area contributed by atoms with Crippen LogP contribution in [0.2, 0.25) is 0 Å². The summed E-state index contributed by atoms with van der Waals surface area (Å²) in [7, 11) is 0. The zero-order valence-corrected chi connectivity index (χ0v) is 12.3. The van der Waals surface area contributed by atoms with Crippen molar-refractivity contribution in [2.24, 2.45) is 0 Å². The fraction of sp³-hybridized carbons (Fsp3) is 0.882. The van der Waals surface area contributed by atoms with Crippen molar-refractivity contribution in [1.29, 1.82) is 0 Å². The first-order valence-corrected chi connectivity index (χ1v) is 8.24. The second-order valence-corrected chi connectivity index (χ2v) is 5.69. The van der Waals surface area contributed by atoms with E-state index < -0.39 is 0 Å². The molecule has 0 aromatic rings. The van der Waals surface area contributed by atoms with Gasteiger partial charge in [0.25, 0.3) is 0 Å². The largest absolute Gasteiger partial charge is 0.498 e. The minimum absolute atomic E-state index is 0.503. The van der Waals surface area contributed by atoms with E-state index >= 15 is 0 Å². The van der Waals surface area contributed by atoms with Crippen molar-refractivity contribution < 1.29 is 4.74 Å². The van der Waals surface area contributed by atoms with Gasteiger partial charge in [0.05, 0.1) is 6.26 Å². The molecule has 0 fully saturated rings. The van der Waals surface area contributed by atoms with Crippen molar-refractivity contribution in [1.82, 2.24) is 0 Å². The molecule has 0 amide bonds. The molecule has 1 aliphatic rings. The monoisotopic (exact) mass is 252 g/mol. The van der Waals surface area contributed by atoms with Gasteiger partial charge in [-0.3, -0.25) is 0 Å². The van der Waals surface area contributed by atoms with Crippen molar-refractivity contribution in [2.45, 2.75) is 96.5 Å². The van der Waals surface area contributed by atoms with Gasteiger partial charge < -0.3 is 4.74 Å². The topological polar surface area (TPSA) is 9.23 Å². The Hall–Kier alpha value is -0.460. The number of ether oxygens (including phenoxy) is 1. The fourth-order valence-corrected chi connectivity index (χ4v) is 2.65. The van der Waals surface area contributed by atoms with Gasteiger partial charge in [-0.15, -0.1) is 0 Å². The maximum Gasteiger partial charge on any atom is 0.101 e. The highest BCUT2D eigenvalue weighted by atomic mass is 16.5. The molecule has 0 bridgehead atoms. The minimum Gasteiger partial charge on any atom is -0.498 e. The van der Waals surface area contributed by atoms with Gasteiger partial charge in [0.15, 0.2) is 0 Å². The van der Waals surface area contributed by atoms with E-state index in [1.807, 2.05) is 6.26 Å². The van der Waals surface area contributed by atoms with Crippen LogP contribution in [0, 0.1) is 0 Å². The smallest absolute Gasteiger partial charge is 0.101 e. The summed E-state index contributed by atoms with van der Waals surface area (Å²) in [5.74, 6) is 0. The Kier molecular flexibility index (Phi) is 10.1. The lowest BCUT2D eigenvalue weighted by atomic mass is 10.0. The van der Waals surface area contributed by atoms with Crippen molar-refractivity contribution >= 4 is 0 Å². The average molecular weight is 252 g/mol. The van der Waals surface area contributed by atoms with E-state index in [9.17, 15) is 0 Å². The first-order valence-electron chi connectivity index (χ1n) is 8.24. The van der Waals surface area contributed by atoms with Crippen LogP contribution in [0.4, 0.5) is 0 Å². The summed E-state index contributed by atoms with van der Waals surface area (Å²) >= 11 is 0. The van der Waals surface area contributed by atoms with Gasteiger partial charge in [0.2, 0.25) is 0 Å². The zero-order valence-electron chi connectivity index (χ0n) is 12.3. The molecule has 0 N–H and O–H groups in total. The molecule has 0 saturated heterocycles. The van der Waals surface area contributed by atoms with E-state index in [4.69, 9.17) is 4.74 Å². The van der Waals surface area contributed by atoms with Gasteiger partial charge in [-0.25, -0.2) is 0 Å². The van der Waals surface area contributed by atoms with Crippen molar-refractivity contribution in [3.05, 3.63) is 12.3 Å². The van der Waals surface area contributed by atoms with Crippen LogP contribution in [0.25, 0.3) is 0 Å². The van der Waals surface area contributed by atoms with Gasteiger partial charge >= 0.3 is 0 Å². The van der Waals surface area contributed by atoms with E-state index in [0.29, 0.717) is 6.10 Å². The quantitative estimate of drug-likeness (QED) is 0.388. The first kappa shape index (κ1) is 15.6. The third-order valence-electron chi connectivity index (χ3n) is 3.90. The molecule has 1 atom stereocenters. The second-order valence-electron chi connectivity index (χ2n) is 5.69. The normalized spacial score (nSPS) is 18.2. The van der Waals surface area contributed by atoms with Crippen LogP contribution < -0.4 is 0 Å². The van der Waals surface area contributed by atoms with E-state index in [2.05, 4.69) is 13.0 Å². The lowest BCUT2D eigenvalue weighted by Gasteiger charge is -2.09. The third-order valence-corrected chi connectivity index (χ3v) is 3.90. The Morgan fingerprint density at radius 2 is 1.39 bits per heavy atom. The molecular weight excluding hydrogens is 220 g/mol. The molecular formula is C17H32O. The van der Waals surface area contributed by atoms with Gasteiger partial charge in [-0.1, -0.05) is 71.1 Å². The number of hydrogen-bond acceptors (Lipinski definition) is 1. The standard InChI is InChI=1S/C17H32O/c1-2-3-4-5-6-7-8-9-10-11-12-14-17-15-13-16-18-17/h13,16-17H,2-12,14-15H2,1H3. The highest BCUT2D eigenvalue weighted by Crippen LogP contribution is 2.17. The summed E-state index contributed by atoms with van der Waals surface area (Å²) in [6.07, 6.45) is 22.6. The second kappa shape index (κ2) is 11.6. The van der Waals surface area contributed by atoms with E-state index in [0.717, 1.165) is 6.42 Å². The fourth-order valence-electron chi connectivity index (χ4n) is 2.65. The molecule has 1 unspecified atom stereocenters. The Balaban J connectivity index is 1.68. The van der Waals surface area contributed by atoms with Crippen LogP contribution >= 0.6 is 0 Å². The van der Waals surface area contributed by atoms with Crippen LogP contribution in [-0.4, -0.2) is 6.10 Å². The predicted octanol–water partition coefficient (Wildman–Crippen LogP) is 5.99. The lowest BCUT2D eigenvalue weighted by Crippen LogP contribution is -2.03. The summed E-state index contributed by atoms with van der Waals surface area (Å²) < 4.78 is 5.46. The van der Waals surface area contributed by atoms with Gasteiger partial charge in [-0.2, -0.15) is 0 Å². The average Bonchev–Trinajstić information content (AvgIpc) is 2.89. The molecule has 1 rings (SSSR count).